The Morgan fingerprint density at radius 1 is 1.27 bits per heavy atom. The summed E-state index contributed by atoms with van der Waals surface area (Å²) in [5.74, 6) is -0.337. The number of benzene rings is 1. The molecule has 0 spiro atoms. The molecule has 1 aliphatic heterocycles. The lowest BCUT2D eigenvalue weighted by Crippen LogP contribution is -2.37. The number of carbonyl (C=O) groups is 1. The van der Waals surface area contributed by atoms with Crippen LogP contribution in [-0.2, 0) is 16.1 Å². The first-order valence-electron chi connectivity index (χ1n) is 10.6. The summed E-state index contributed by atoms with van der Waals surface area (Å²) < 4.78 is 19.1. The molecule has 1 aliphatic carbocycles. The van der Waals surface area contributed by atoms with E-state index in [9.17, 15) is 9.18 Å². The molecule has 2 unspecified atom stereocenters. The van der Waals surface area contributed by atoms with Crippen LogP contribution in [0.25, 0.3) is 5.57 Å². The molecule has 4 rings (SSSR count). The zero-order valence-electron chi connectivity index (χ0n) is 17.9. The van der Waals surface area contributed by atoms with Crippen molar-refractivity contribution in [1.29, 1.82) is 0 Å². The molecule has 1 amide bonds. The van der Waals surface area contributed by atoms with Gasteiger partial charge in [0.05, 0.1) is 30.2 Å². The van der Waals surface area contributed by atoms with E-state index in [2.05, 4.69) is 15.0 Å². The minimum atomic E-state index is -0.342. The van der Waals surface area contributed by atoms with Crippen molar-refractivity contribution in [2.24, 2.45) is 10.7 Å². The van der Waals surface area contributed by atoms with E-state index in [1.165, 1.54) is 23.9 Å². The number of nitrogen functional groups attached to an aromatic ring is 1. The monoisotopic (exact) mass is 468 g/mol. The number of allylic oxidation sites excluding steroid dienone is 2. The van der Waals surface area contributed by atoms with Crippen molar-refractivity contribution in [3.05, 3.63) is 71.8 Å². The van der Waals surface area contributed by atoms with Crippen LogP contribution in [-0.4, -0.2) is 63.4 Å². The van der Waals surface area contributed by atoms with E-state index in [0.29, 0.717) is 36.9 Å². The highest BCUT2D eigenvalue weighted by Crippen LogP contribution is 2.35. The number of aromatic nitrogens is 2. The summed E-state index contributed by atoms with van der Waals surface area (Å²) in [6.07, 6.45) is 7.56. The van der Waals surface area contributed by atoms with Gasteiger partial charge >= 0.3 is 0 Å². The van der Waals surface area contributed by atoms with Gasteiger partial charge in [-0.25, -0.2) is 14.4 Å². The van der Waals surface area contributed by atoms with Crippen LogP contribution >= 0.6 is 11.8 Å². The molecule has 2 aliphatic rings. The third kappa shape index (κ3) is 5.84. The second kappa shape index (κ2) is 10.7. The highest BCUT2D eigenvalue weighted by atomic mass is 32.2. The number of nitrogens with two attached hydrogens (primary N) is 2. The number of fused-ring (bicyclic) bond motifs is 1. The molecule has 0 fully saturated rings. The minimum Gasteiger partial charge on any atom is -0.378 e. The van der Waals surface area contributed by atoms with E-state index < -0.39 is 0 Å². The van der Waals surface area contributed by atoms with Gasteiger partial charge in [0.15, 0.2) is 5.04 Å². The van der Waals surface area contributed by atoms with Crippen LogP contribution in [0.15, 0.2) is 59.7 Å². The standard InChI is InChI=1S/C23H25FN6O2S/c24-17-3-1-2-15(12-17)14-30(9-11-32-10-7-25)22(31)21-28-19-5-4-16(13-20(19)33-21)18-6-8-27-23(26)29-18/h1-6,8,12-13,19-20H,7,9-11,14,25H2,(H2,26,27,29). The van der Waals surface area contributed by atoms with E-state index in [0.717, 1.165) is 11.3 Å². The van der Waals surface area contributed by atoms with E-state index >= 15 is 0 Å². The third-order valence-electron chi connectivity index (χ3n) is 5.14. The maximum atomic E-state index is 13.7. The number of thioether (sulfide) groups is 1. The first kappa shape index (κ1) is 23.1. The molecule has 2 aromatic rings. The summed E-state index contributed by atoms with van der Waals surface area (Å²) in [5.41, 5.74) is 13.5. The summed E-state index contributed by atoms with van der Waals surface area (Å²) in [6, 6.07) is 7.88. The highest BCUT2D eigenvalue weighted by Gasteiger charge is 2.34. The van der Waals surface area contributed by atoms with Crippen LogP contribution in [0, 0.1) is 5.82 Å². The Bertz CT molecular complexity index is 1110. The Morgan fingerprint density at radius 3 is 2.94 bits per heavy atom. The van der Waals surface area contributed by atoms with Crippen LogP contribution in [0.5, 0.6) is 0 Å². The maximum Gasteiger partial charge on any atom is 0.279 e. The lowest BCUT2D eigenvalue weighted by molar-refractivity contribution is -0.125. The van der Waals surface area contributed by atoms with Gasteiger partial charge in [0.2, 0.25) is 5.95 Å². The summed E-state index contributed by atoms with van der Waals surface area (Å²) in [5, 5.41) is 0.397. The van der Waals surface area contributed by atoms with Crippen molar-refractivity contribution in [3.63, 3.8) is 0 Å². The van der Waals surface area contributed by atoms with Gasteiger partial charge in [-0.05, 0) is 29.3 Å². The molecule has 0 radical (unpaired) electrons. The molecule has 2 atom stereocenters. The van der Waals surface area contributed by atoms with Gasteiger partial charge in [-0.3, -0.25) is 9.79 Å². The number of amides is 1. The number of hydrogen-bond acceptors (Lipinski definition) is 8. The fourth-order valence-corrected chi connectivity index (χ4v) is 4.75. The first-order valence-corrected chi connectivity index (χ1v) is 11.5. The number of anilines is 1. The number of aliphatic imine (C=N–C) groups is 1. The second-order valence-electron chi connectivity index (χ2n) is 7.55. The fourth-order valence-electron chi connectivity index (χ4n) is 3.57. The Labute approximate surface area is 195 Å². The molecular formula is C23H25FN6O2S. The lowest BCUT2D eigenvalue weighted by Gasteiger charge is -2.23. The SMILES string of the molecule is NCCOCCN(Cc1cccc(F)c1)C(=O)C1=NC2C=CC(c3ccnc(N)n3)=CC2S1. The zero-order valence-corrected chi connectivity index (χ0v) is 18.7. The molecule has 1 aromatic heterocycles. The van der Waals surface area contributed by atoms with E-state index in [4.69, 9.17) is 16.2 Å². The van der Waals surface area contributed by atoms with Gasteiger partial charge in [-0.15, -0.1) is 0 Å². The molecule has 0 bridgehead atoms. The van der Waals surface area contributed by atoms with Gasteiger partial charge in [0.1, 0.15) is 5.82 Å². The first-order chi connectivity index (χ1) is 16.0. The number of rotatable bonds is 9. The zero-order chi connectivity index (χ0) is 23.2. The average Bonchev–Trinajstić information content (AvgIpc) is 3.24. The molecule has 1 aromatic carbocycles. The van der Waals surface area contributed by atoms with Crippen molar-refractivity contribution < 1.29 is 13.9 Å². The summed E-state index contributed by atoms with van der Waals surface area (Å²) >= 11 is 1.41. The number of nitrogens with zero attached hydrogens (tertiary/aromatic N) is 4. The molecule has 172 valence electrons. The van der Waals surface area contributed by atoms with Gasteiger partial charge in [0, 0.05) is 25.8 Å². The molecule has 0 saturated carbocycles. The topological polar surface area (TPSA) is 120 Å². The second-order valence-corrected chi connectivity index (χ2v) is 8.71. The van der Waals surface area contributed by atoms with Crippen molar-refractivity contribution in [2.45, 2.75) is 17.8 Å². The van der Waals surface area contributed by atoms with Crippen LogP contribution in [0.4, 0.5) is 10.3 Å². The van der Waals surface area contributed by atoms with E-state index in [-0.39, 0.29) is 35.5 Å². The quantitative estimate of drug-likeness (QED) is 0.541. The van der Waals surface area contributed by atoms with Crippen LogP contribution < -0.4 is 11.5 Å². The molecule has 33 heavy (non-hydrogen) atoms. The Morgan fingerprint density at radius 2 is 2.15 bits per heavy atom. The number of hydrogen-bond donors (Lipinski definition) is 2. The van der Waals surface area contributed by atoms with Crippen molar-refractivity contribution in [3.8, 4) is 0 Å². The summed E-state index contributed by atoms with van der Waals surface area (Å²) in [7, 11) is 0. The molecule has 0 saturated heterocycles. The maximum absolute atomic E-state index is 13.7. The highest BCUT2D eigenvalue weighted by molar-refractivity contribution is 8.16. The van der Waals surface area contributed by atoms with Gasteiger partial charge in [-0.2, -0.15) is 0 Å². The predicted molar refractivity (Wildman–Crippen MR) is 128 cm³/mol. The Balaban J connectivity index is 1.48. The minimum absolute atomic E-state index is 0.0235. The third-order valence-corrected chi connectivity index (χ3v) is 6.33. The van der Waals surface area contributed by atoms with Crippen molar-refractivity contribution in [1.82, 2.24) is 14.9 Å². The fraction of sp³-hybridized carbons (Fsp3) is 0.304. The molecular weight excluding hydrogens is 443 g/mol. The lowest BCUT2D eigenvalue weighted by atomic mass is 10.0. The predicted octanol–water partition coefficient (Wildman–Crippen LogP) is 2.04. The number of carbonyl (C=O) groups excluding carboxylic acids is 1. The number of halogens is 1. The van der Waals surface area contributed by atoms with Crippen molar-refractivity contribution in [2.75, 3.05) is 32.0 Å². The summed E-state index contributed by atoms with van der Waals surface area (Å²) in [6.45, 7) is 1.76. The molecule has 2 heterocycles. The number of ether oxygens (including phenoxy) is 1. The van der Waals surface area contributed by atoms with Crippen molar-refractivity contribution >= 4 is 34.2 Å². The molecule has 10 heteroatoms. The Kier molecular flexibility index (Phi) is 7.48. The smallest absolute Gasteiger partial charge is 0.279 e. The van der Waals surface area contributed by atoms with Gasteiger partial charge in [-0.1, -0.05) is 42.1 Å². The summed E-state index contributed by atoms with van der Waals surface area (Å²) in [4.78, 5) is 27.8. The van der Waals surface area contributed by atoms with Crippen LogP contribution in [0.2, 0.25) is 0 Å². The van der Waals surface area contributed by atoms with Gasteiger partial charge in [0.25, 0.3) is 5.91 Å². The Hall–Kier alpha value is -3.08. The normalized spacial score (nSPS) is 19.1. The largest absolute Gasteiger partial charge is 0.378 e. The van der Waals surface area contributed by atoms with Gasteiger partial charge < -0.3 is 21.1 Å². The average molecular weight is 469 g/mol. The van der Waals surface area contributed by atoms with Crippen LogP contribution in [0.3, 0.4) is 0 Å². The van der Waals surface area contributed by atoms with E-state index in [1.54, 1.807) is 29.3 Å². The van der Waals surface area contributed by atoms with E-state index in [1.807, 2.05) is 18.2 Å². The molecule has 8 nitrogen and oxygen atoms in total. The molecule has 4 N–H and O–H groups in total. The van der Waals surface area contributed by atoms with Crippen LogP contribution in [0.1, 0.15) is 11.3 Å².